The molecule has 1 aliphatic heterocycles. The standard InChI is InChI=1S/C16H29N3S/c1-6-16(7-2)12-17-8-9-19(16)10-14-18-13(11-20-14)15(3,4)5/h11,17H,6-10,12H2,1-5H3. The summed E-state index contributed by atoms with van der Waals surface area (Å²) >= 11 is 1.82. The Balaban J connectivity index is 2.13. The molecule has 0 aromatic carbocycles. The van der Waals surface area contributed by atoms with E-state index in [9.17, 15) is 0 Å². The van der Waals surface area contributed by atoms with E-state index in [1.54, 1.807) is 0 Å². The van der Waals surface area contributed by atoms with Crippen LogP contribution in [0.5, 0.6) is 0 Å². The summed E-state index contributed by atoms with van der Waals surface area (Å²) in [7, 11) is 0. The molecule has 1 fully saturated rings. The van der Waals surface area contributed by atoms with Crippen LogP contribution in [-0.2, 0) is 12.0 Å². The van der Waals surface area contributed by atoms with Crippen LogP contribution >= 0.6 is 11.3 Å². The average molecular weight is 295 g/mol. The molecule has 1 N–H and O–H groups in total. The van der Waals surface area contributed by atoms with Crippen molar-refractivity contribution < 1.29 is 0 Å². The lowest BCUT2D eigenvalue weighted by Gasteiger charge is -2.46. The molecule has 3 nitrogen and oxygen atoms in total. The Labute approximate surface area is 127 Å². The van der Waals surface area contributed by atoms with Crippen molar-refractivity contribution in [3.8, 4) is 0 Å². The topological polar surface area (TPSA) is 28.2 Å². The van der Waals surface area contributed by atoms with E-state index in [4.69, 9.17) is 4.98 Å². The van der Waals surface area contributed by atoms with Crippen molar-refractivity contribution in [2.75, 3.05) is 19.6 Å². The maximum Gasteiger partial charge on any atom is 0.107 e. The summed E-state index contributed by atoms with van der Waals surface area (Å²) in [6, 6.07) is 0. The third-order valence-electron chi connectivity index (χ3n) is 4.65. The molecule has 0 spiro atoms. The van der Waals surface area contributed by atoms with E-state index in [0.717, 1.165) is 26.2 Å². The molecular formula is C16H29N3S. The molecule has 1 aromatic rings. The van der Waals surface area contributed by atoms with Gasteiger partial charge in [0.25, 0.3) is 0 Å². The molecule has 0 amide bonds. The average Bonchev–Trinajstić information content (AvgIpc) is 2.88. The molecule has 114 valence electrons. The maximum atomic E-state index is 4.87. The molecular weight excluding hydrogens is 266 g/mol. The lowest BCUT2D eigenvalue weighted by Crippen LogP contribution is -2.60. The first-order chi connectivity index (χ1) is 9.41. The van der Waals surface area contributed by atoms with E-state index in [-0.39, 0.29) is 5.41 Å². The number of thiazole rings is 1. The Kier molecular flexibility index (Phi) is 4.88. The molecule has 0 radical (unpaired) electrons. The van der Waals surface area contributed by atoms with Gasteiger partial charge in [-0.2, -0.15) is 0 Å². The van der Waals surface area contributed by atoms with Gasteiger partial charge in [0.05, 0.1) is 12.2 Å². The fraction of sp³-hybridized carbons (Fsp3) is 0.812. The molecule has 0 aliphatic carbocycles. The van der Waals surface area contributed by atoms with Crippen LogP contribution in [0.15, 0.2) is 5.38 Å². The molecule has 1 aromatic heterocycles. The van der Waals surface area contributed by atoms with Crippen LogP contribution in [0, 0.1) is 0 Å². The smallest absolute Gasteiger partial charge is 0.107 e. The van der Waals surface area contributed by atoms with Gasteiger partial charge in [-0.25, -0.2) is 4.98 Å². The summed E-state index contributed by atoms with van der Waals surface area (Å²) in [5.41, 5.74) is 1.70. The molecule has 1 aliphatic rings. The predicted molar refractivity (Wildman–Crippen MR) is 87.4 cm³/mol. The Morgan fingerprint density at radius 1 is 1.35 bits per heavy atom. The Morgan fingerprint density at radius 3 is 2.60 bits per heavy atom. The molecule has 0 unspecified atom stereocenters. The van der Waals surface area contributed by atoms with Gasteiger partial charge in [0, 0.05) is 36.0 Å². The van der Waals surface area contributed by atoms with Gasteiger partial charge in [-0.15, -0.1) is 11.3 Å². The van der Waals surface area contributed by atoms with Gasteiger partial charge in [-0.1, -0.05) is 34.6 Å². The van der Waals surface area contributed by atoms with Gasteiger partial charge in [-0.3, -0.25) is 4.90 Å². The summed E-state index contributed by atoms with van der Waals surface area (Å²) in [6.45, 7) is 15.7. The highest BCUT2D eigenvalue weighted by Gasteiger charge is 2.36. The molecule has 1 saturated heterocycles. The van der Waals surface area contributed by atoms with E-state index >= 15 is 0 Å². The normalized spacial score (nSPS) is 20.2. The molecule has 0 atom stereocenters. The van der Waals surface area contributed by atoms with Crippen LogP contribution in [0.4, 0.5) is 0 Å². The highest BCUT2D eigenvalue weighted by molar-refractivity contribution is 7.09. The number of rotatable bonds is 4. The largest absolute Gasteiger partial charge is 0.314 e. The van der Waals surface area contributed by atoms with Gasteiger partial charge in [-0.05, 0) is 12.8 Å². The van der Waals surface area contributed by atoms with Crippen molar-refractivity contribution in [1.82, 2.24) is 15.2 Å². The summed E-state index contributed by atoms with van der Waals surface area (Å²) in [4.78, 5) is 7.51. The second-order valence-electron chi connectivity index (χ2n) is 6.91. The minimum Gasteiger partial charge on any atom is -0.314 e. The monoisotopic (exact) mass is 295 g/mol. The van der Waals surface area contributed by atoms with Gasteiger partial charge in [0.15, 0.2) is 0 Å². The summed E-state index contributed by atoms with van der Waals surface area (Å²) in [6.07, 6.45) is 2.40. The van der Waals surface area contributed by atoms with E-state index in [2.05, 4.69) is 50.2 Å². The van der Waals surface area contributed by atoms with Crippen LogP contribution in [0.2, 0.25) is 0 Å². The number of nitrogens with zero attached hydrogens (tertiary/aromatic N) is 2. The van der Waals surface area contributed by atoms with Gasteiger partial charge < -0.3 is 5.32 Å². The van der Waals surface area contributed by atoms with Crippen molar-refractivity contribution in [2.24, 2.45) is 0 Å². The second kappa shape index (κ2) is 6.12. The number of hydrogen-bond donors (Lipinski definition) is 1. The van der Waals surface area contributed by atoms with E-state index in [0.29, 0.717) is 5.54 Å². The first-order valence-corrected chi connectivity index (χ1v) is 8.70. The van der Waals surface area contributed by atoms with E-state index in [1.807, 2.05) is 11.3 Å². The number of nitrogens with one attached hydrogen (secondary N) is 1. The van der Waals surface area contributed by atoms with Crippen molar-refractivity contribution in [1.29, 1.82) is 0 Å². The van der Waals surface area contributed by atoms with Crippen molar-refractivity contribution in [2.45, 2.75) is 65.0 Å². The predicted octanol–water partition coefficient (Wildman–Crippen LogP) is 3.40. The molecule has 0 saturated carbocycles. The summed E-state index contributed by atoms with van der Waals surface area (Å²) < 4.78 is 0. The van der Waals surface area contributed by atoms with Crippen LogP contribution in [-0.4, -0.2) is 35.1 Å². The number of piperazine rings is 1. The van der Waals surface area contributed by atoms with Crippen LogP contribution < -0.4 is 5.32 Å². The Hall–Kier alpha value is -0.450. The van der Waals surface area contributed by atoms with Crippen molar-refractivity contribution in [3.05, 3.63) is 16.1 Å². The molecule has 4 heteroatoms. The van der Waals surface area contributed by atoms with Crippen LogP contribution in [0.25, 0.3) is 0 Å². The van der Waals surface area contributed by atoms with Gasteiger partial charge in [0.2, 0.25) is 0 Å². The van der Waals surface area contributed by atoms with Gasteiger partial charge in [0.1, 0.15) is 5.01 Å². The van der Waals surface area contributed by atoms with Crippen molar-refractivity contribution in [3.63, 3.8) is 0 Å². The highest BCUT2D eigenvalue weighted by atomic mass is 32.1. The van der Waals surface area contributed by atoms with Crippen LogP contribution in [0.1, 0.15) is 58.2 Å². The minimum atomic E-state index is 0.158. The number of hydrogen-bond acceptors (Lipinski definition) is 4. The summed E-state index contributed by atoms with van der Waals surface area (Å²) in [5.74, 6) is 0. The third kappa shape index (κ3) is 3.23. The lowest BCUT2D eigenvalue weighted by atomic mass is 9.88. The zero-order chi connectivity index (χ0) is 14.8. The molecule has 0 bridgehead atoms. The lowest BCUT2D eigenvalue weighted by molar-refractivity contribution is 0.0446. The van der Waals surface area contributed by atoms with Crippen LogP contribution in [0.3, 0.4) is 0 Å². The zero-order valence-electron chi connectivity index (χ0n) is 13.6. The fourth-order valence-electron chi connectivity index (χ4n) is 2.97. The second-order valence-corrected chi connectivity index (χ2v) is 7.85. The highest BCUT2D eigenvalue weighted by Crippen LogP contribution is 2.29. The quantitative estimate of drug-likeness (QED) is 0.922. The first-order valence-electron chi connectivity index (χ1n) is 7.82. The molecule has 20 heavy (non-hydrogen) atoms. The van der Waals surface area contributed by atoms with Crippen molar-refractivity contribution >= 4 is 11.3 Å². The fourth-order valence-corrected chi connectivity index (χ4v) is 4.00. The van der Waals surface area contributed by atoms with E-state index < -0.39 is 0 Å². The SMILES string of the molecule is CCC1(CC)CNCCN1Cc1nc(C(C)(C)C)cs1. The van der Waals surface area contributed by atoms with Gasteiger partial charge >= 0.3 is 0 Å². The minimum absolute atomic E-state index is 0.158. The number of aromatic nitrogens is 1. The maximum absolute atomic E-state index is 4.87. The van der Waals surface area contributed by atoms with E-state index in [1.165, 1.54) is 23.5 Å². The zero-order valence-corrected chi connectivity index (χ0v) is 14.4. The first kappa shape index (κ1) is 15.9. The summed E-state index contributed by atoms with van der Waals surface area (Å²) in [5, 5.41) is 7.06. The third-order valence-corrected chi connectivity index (χ3v) is 5.48. The molecule has 2 heterocycles. The Morgan fingerprint density at radius 2 is 2.05 bits per heavy atom. The Bertz CT molecular complexity index is 429. The molecule has 2 rings (SSSR count).